The first-order chi connectivity index (χ1) is 24.8. The topological polar surface area (TPSA) is 136 Å². The maximum atomic E-state index is 13.4. The van der Waals surface area contributed by atoms with Gasteiger partial charge in [-0.3, -0.25) is 14.6 Å². The number of thiazole rings is 1. The van der Waals surface area contributed by atoms with Crippen LogP contribution in [0.4, 0.5) is 16.6 Å². The number of hydrogen-bond donors (Lipinski definition) is 4. The third-order valence-electron chi connectivity index (χ3n) is 8.81. The smallest absolute Gasteiger partial charge is 0.269 e. The van der Waals surface area contributed by atoms with E-state index in [-0.39, 0.29) is 30.7 Å². The second-order valence-electron chi connectivity index (χ2n) is 12.7. The number of aliphatic hydroxyl groups is 1. The van der Waals surface area contributed by atoms with E-state index in [4.69, 9.17) is 0 Å². The monoisotopic (exact) mass is 722 g/mol. The van der Waals surface area contributed by atoms with Crippen LogP contribution in [0.5, 0.6) is 0 Å². The molecule has 2 aromatic carbocycles. The van der Waals surface area contributed by atoms with E-state index in [2.05, 4.69) is 30.9 Å². The van der Waals surface area contributed by atoms with E-state index in [9.17, 15) is 14.7 Å². The number of carbonyl (C=O) groups is 2. The fourth-order valence-electron chi connectivity index (χ4n) is 6.07. The molecule has 2 amide bonds. The summed E-state index contributed by atoms with van der Waals surface area (Å²) in [4.78, 5) is 43.8. The lowest BCUT2D eigenvalue weighted by atomic mass is 9.75. The van der Waals surface area contributed by atoms with Crippen molar-refractivity contribution in [2.24, 2.45) is 0 Å². The molecule has 3 aromatic heterocycles. The van der Waals surface area contributed by atoms with Crippen molar-refractivity contribution in [2.75, 3.05) is 57.5 Å². The molecule has 5 aromatic rings. The highest BCUT2D eigenvalue weighted by atomic mass is 32.2. The van der Waals surface area contributed by atoms with Crippen LogP contribution in [0.1, 0.15) is 34.5 Å². The van der Waals surface area contributed by atoms with E-state index in [0.29, 0.717) is 23.5 Å². The highest BCUT2D eigenvalue weighted by Crippen LogP contribution is 2.35. The van der Waals surface area contributed by atoms with Gasteiger partial charge in [-0.25, -0.2) is 9.97 Å². The van der Waals surface area contributed by atoms with E-state index in [1.54, 1.807) is 18.5 Å². The highest BCUT2D eigenvalue weighted by Gasteiger charge is 2.34. The van der Waals surface area contributed by atoms with E-state index in [1.165, 1.54) is 23.1 Å². The van der Waals surface area contributed by atoms with Crippen LogP contribution in [0.25, 0.3) is 0 Å². The number of aromatic nitrogens is 3. The zero-order chi connectivity index (χ0) is 35.6. The molecule has 0 radical (unpaired) electrons. The van der Waals surface area contributed by atoms with Gasteiger partial charge in [0.2, 0.25) is 5.91 Å². The summed E-state index contributed by atoms with van der Waals surface area (Å²) in [5.41, 5.74) is 2.24. The average molecular weight is 723 g/mol. The zero-order valence-corrected chi connectivity index (χ0v) is 30.3. The van der Waals surface area contributed by atoms with E-state index < -0.39 is 5.41 Å². The molecule has 0 aliphatic carbocycles. The van der Waals surface area contributed by atoms with Crippen molar-refractivity contribution in [3.05, 3.63) is 120 Å². The number of nitrogens with zero attached hydrogens (tertiary/aromatic N) is 5. The summed E-state index contributed by atoms with van der Waals surface area (Å²) in [5.74, 6) is 0.541. The largest absolute Gasteiger partial charge is 0.395 e. The normalized spacial score (nSPS) is 13.6. The quantitative estimate of drug-likeness (QED) is 0.116. The van der Waals surface area contributed by atoms with Crippen molar-refractivity contribution < 1.29 is 14.7 Å². The van der Waals surface area contributed by atoms with Crippen LogP contribution in [-0.2, 0) is 10.2 Å². The Morgan fingerprint density at radius 1 is 0.941 bits per heavy atom. The molecular formula is C38H42N8O3S2. The van der Waals surface area contributed by atoms with Crippen LogP contribution in [0, 0.1) is 0 Å². The fraction of sp³-hybridized carbons (Fsp3) is 0.289. The Labute approximate surface area is 306 Å². The summed E-state index contributed by atoms with van der Waals surface area (Å²) in [6.45, 7) is 1.97. The van der Waals surface area contributed by atoms with Crippen LogP contribution >= 0.6 is 23.1 Å². The molecule has 1 saturated heterocycles. The molecule has 0 saturated carbocycles. The lowest BCUT2D eigenvalue weighted by Gasteiger charge is -2.33. The summed E-state index contributed by atoms with van der Waals surface area (Å²) < 4.78 is 0.941. The number of aliphatic hydroxyl groups excluding tert-OH is 1. The Morgan fingerprint density at radius 2 is 1.65 bits per heavy atom. The van der Waals surface area contributed by atoms with Crippen LogP contribution in [-0.4, -0.2) is 94.6 Å². The molecule has 0 spiro atoms. The molecule has 0 atom stereocenters. The average Bonchev–Trinajstić information content (AvgIpc) is 3.60. The highest BCUT2D eigenvalue weighted by molar-refractivity contribution is 8.01. The van der Waals surface area contributed by atoms with Crippen molar-refractivity contribution in [3.63, 3.8) is 0 Å². The predicted molar refractivity (Wildman–Crippen MR) is 203 cm³/mol. The summed E-state index contributed by atoms with van der Waals surface area (Å²) in [7, 11) is 3.83. The predicted octanol–water partition coefficient (Wildman–Crippen LogP) is 5.50. The van der Waals surface area contributed by atoms with Gasteiger partial charge in [-0.2, -0.15) is 0 Å². The molecule has 4 heterocycles. The number of amides is 2. The Balaban J connectivity index is 1.02. The first-order valence-electron chi connectivity index (χ1n) is 16.8. The number of rotatable bonds is 14. The lowest BCUT2D eigenvalue weighted by molar-refractivity contribution is -0.132. The Hall–Kier alpha value is -4.82. The number of pyridine rings is 2. The number of nitrogens with one attached hydrogen (secondary N) is 3. The Morgan fingerprint density at radius 3 is 2.27 bits per heavy atom. The zero-order valence-electron chi connectivity index (χ0n) is 28.7. The van der Waals surface area contributed by atoms with Gasteiger partial charge in [0.15, 0.2) is 5.13 Å². The molecule has 11 nitrogen and oxygen atoms in total. The van der Waals surface area contributed by atoms with Gasteiger partial charge in [0, 0.05) is 36.8 Å². The maximum absolute atomic E-state index is 13.4. The minimum Gasteiger partial charge on any atom is -0.395 e. The SMILES string of the molecule is CN(C)CC(=O)N1CCC(Nc2ccc(Nc3ncc(Sc4ccnc(C(=O)NCC(CO)(c5ccccc5)c5ccccc5)c4)s3)nc2)CC1. The number of hydrogen-bond acceptors (Lipinski definition) is 11. The standard InChI is InChI=1S/C38H42N8O3S2/c1-45(2)24-34(48)46-19-16-29(17-20-46)43-30-13-14-33(40-22-30)44-37-41-23-35(51-37)50-31-15-18-39-32(21-31)36(49)42-25-38(26-47,27-9-5-3-6-10-27)28-11-7-4-8-12-28/h3-15,18,21-23,29,43,47H,16-17,19-20,24-26H2,1-2H3,(H,42,49)(H,40,41,44). The molecule has 1 aliphatic rings. The van der Waals surface area contributed by atoms with Gasteiger partial charge in [-0.1, -0.05) is 83.8 Å². The summed E-state index contributed by atoms with van der Waals surface area (Å²) in [6.07, 6.45) is 7.02. The van der Waals surface area contributed by atoms with Crippen LogP contribution < -0.4 is 16.0 Å². The maximum Gasteiger partial charge on any atom is 0.269 e. The van der Waals surface area contributed by atoms with E-state index >= 15 is 0 Å². The van der Waals surface area contributed by atoms with Crippen molar-refractivity contribution in [3.8, 4) is 0 Å². The molecule has 264 valence electrons. The first kappa shape index (κ1) is 36.0. The third-order valence-corrected chi connectivity index (χ3v) is 10.8. The number of carbonyl (C=O) groups excluding carboxylic acids is 2. The van der Waals surface area contributed by atoms with Gasteiger partial charge < -0.3 is 30.9 Å². The second-order valence-corrected chi connectivity index (χ2v) is 15.1. The van der Waals surface area contributed by atoms with E-state index in [0.717, 1.165) is 51.9 Å². The van der Waals surface area contributed by atoms with Gasteiger partial charge in [0.25, 0.3) is 5.91 Å². The number of piperidine rings is 1. The summed E-state index contributed by atoms with van der Waals surface area (Å²) in [5, 5.41) is 21.2. The molecule has 0 unspecified atom stereocenters. The Bertz CT molecular complexity index is 1840. The number of anilines is 3. The minimum absolute atomic E-state index is 0.176. The van der Waals surface area contributed by atoms with E-state index in [1.807, 2.05) is 109 Å². The molecular weight excluding hydrogens is 681 g/mol. The van der Waals surface area contributed by atoms with Crippen molar-refractivity contribution in [1.29, 1.82) is 0 Å². The number of benzene rings is 2. The molecule has 1 aliphatic heterocycles. The van der Waals surface area contributed by atoms with Gasteiger partial charge in [-0.05, 0) is 62.3 Å². The van der Waals surface area contributed by atoms with Gasteiger partial charge >= 0.3 is 0 Å². The lowest BCUT2D eigenvalue weighted by Crippen LogP contribution is -2.45. The van der Waals surface area contributed by atoms with Crippen molar-refractivity contribution in [1.82, 2.24) is 30.1 Å². The number of likely N-dealkylation sites (N-methyl/N-ethyl adjacent to an activating group) is 1. The van der Waals surface area contributed by atoms with Gasteiger partial charge in [0.05, 0.1) is 40.9 Å². The first-order valence-corrected chi connectivity index (χ1v) is 18.5. The van der Waals surface area contributed by atoms with Crippen LogP contribution in [0.15, 0.2) is 113 Å². The van der Waals surface area contributed by atoms with Gasteiger partial charge in [-0.15, -0.1) is 0 Å². The molecule has 13 heteroatoms. The fourth-order valence-corrected chi connectivity index (χ4v) is 7.95. The molecule has 51 heavy (non-hydrogen) atoms. The van der Waals surface area contributed by atoms with Crippen LogP contribution in [0.3, 0.4) is 0 Å². The van der Waals surface area contributed by atoms with Crippen molar-refractivity contribution >= 4 is 51.5 Å². The number of likely N-dealkylation sites (tertiary alicyclic amines) is 1. The summed E-state index contributed by atoms with van der Waals surface area (Å²) >= 11 is 2.99. The molecule has 0 bridgehead atoms. The Kier molecular flexibility index (Phi) is 11.9. The summed E-state index contributed by atoms with van der Waals surface area (Å²) in [6, 6.07) is 27.3. The third kappa shape index (κ3) is 9.30. The molecule has 6 rings (SSSR count). The van der Waals surface area contributed by atoms with Crippen LogP contribution in [0.2, 0.25) is 0 Å². The second kappa shape index (κ2) is 16.9. The van der Waals surface area contributed by atoms with Gasteiger partial charge in [0.1, 0.15) is 11.5 Å². The minimum atomic E-state index is -0.811. The molecule has 4 N–H and O–H groups in total. The van der Waals surface area contributed by atoms with Crippen molar-refractivity contribution in [2.45, 2.75) is 33.4 Å². The molecule has 1 fully saturated rings.